The molecular formula is C9H12O3. The minimum Gasteiger partial charge on any atom is -0.456 e. The van der Waals surface area contributed by atoms with Crippen LogP contribution in [0.15, 0.2) is 12.2 Å². The van der Waals surface area contributed by atoms with Gasteiger partial charge in [-0.3, -0.25) is 0 Å². The van der Waals surface area contributed by atoms with E-state index in [1.165, 1.54) is 0 Å². The summed E-state index contributed by atoms with van der Waals surface area (Å²) in [6, 6.07) is 0. The second-order valence-corrected chi connectivity index (χ2v) is 1.85. The van der Waals surface area contributed by atoms with Crippen LogP contribution >= 0.6 is 0 Å². The predicted molar refractivity (Wildman–Crippen MR) is 45.4 cm³/mol. The third kappa shape index (κ3) is 6.84. The minimum absolute atomic E-state index is 0.356. The monoisotopic (exact) mass is 168 g/mol. The van der Waals surface area contributed by atoms with Gasteiger partial charge >= 0.3 is 5.97 Å². The highest BCUT2D eigenvalue weighted by atomic mass is 16.5. The molecule has 0 bridgehead atoms. The molecule has 0 saturated carbocycles. The van der Waals surface area contributed by atoms with Crippen LogP contribution in [0.5, 0.6) is 0 Å². The van der Waals surface area contributed by atoms with Crippen molar-refractivity contribution in [3.63, 3.8) is 0 Å². The first-order valence-corrected chi connectivity index (χ1v) is 3.63. The smallest absolute Gasteiger partial charge is 0.384 e. The quantitative estimate of drug-likeness (QED) is 0.354. The van der Waals surface area contributed by atoms with Crippen LogP contribution in [0.25, 0.3) is 0 Å². The summed E-state index contributed by atoms with van der Waals surface area (Å²) in [5.74, 6) is 4.31. The third-order valence-corrected chi connectivity index (χ3v) is 0.914. The summed E-state index contributed by atoms with van der Waals surface area (Å²) < 4.78 is 9.30. The van der Waals surface area contributed by atoms with Gasteiger partial charge in [0, 0.05) is 13.0 Å². The molecule has 0 aromatic rings. The van der Waals surface area contributed by atoms with Gasteiger partial charge in [0.1, 0.15) is 0 Å². The molecule has 0 amide bonds. The van der Waals surface area contributed by atoms with Crippen LogP contribution in [0.2, 0.25) is 0 Å². The summed E-state index contributed by atoms with van der Waals surface area (Å²) in [5, 5.41) is 0. The number of hydrogen-bond acceptors (Lipinski definition) is 3. The van der Waals surface area contributed by atoms with E-state index >= 15 is 0 Å². The summed E-state index contributed by atoms with van der Waals surface area (Å²) in [6.45, 7) is 2.59. The maximum absolute atomic E-state index is 10.6. The molecular weight excluding hydrogens is 156 g/mol. The normalized spacial score (nSPS) is 9.17. The van der Waals surface area contributed by atoms with Crippen molar-refractivity contribution in [2.75, 3.05) is 20.3 Å². The molecule has 0 aliphatic rings. The number of ether oxygens (including phenoxy) is 2. The van der Waals surface area contributed by atoms with E-state index in [0.29, 0.717) is 13.2 Å². The molecule has 12 heavy (non-hydrogen) atoms. The molecule has 0 saturated heterocycles. The van der Waals surface area contributed by atoms with Crippen molar-refractivity contribution in [1.82, 2.24) is 0 Å². The number of carbonyl (C=O) groups is 1. The zero-order chi connectivity index (χ0) is 9.23. The van der Waals surface area contributed by atoms with Gasteiger partial charge in [0.2, 0.25) is 0 Å². The maximum atomic E-state index is 10.6. The first kappa shape index (κ1) is 10.7. The molecule has 0 aromatic carbocycles. The lowest BCUT2D eigenvalue weighted by Gasteiger charge is -1.89. The van der Waals surface area contributed by atoms with E-state index in [1.807, 2.05) is 0 Å². The number of methoxy groups -OCH3 is 1. The molecule has 3 heteroatoms. The highest BCUT2D eigenvalue weighted by Crippen LogP contribution is 1.75. The van der Waals surface area contributed by atoms with Gasteiger partial charge in [0.25, 0.3) is 0 Å². The topological polar surface area (TPSA) is 35.5 Å². The van der Waals surface area contributed by atoms with E-state index in [0.717, 1.165) is 0 Å². The average Bonchev–Trinajstić information content (AvgIpc) is 2.05. The summed E-state index contributed by atoms with van der Waals surface area (Å²) in [7, 11) is 1.59. The predicted octanol–water partition coefficient (Wildman–Crippen LogP) is 0.756. The van der Waals surface area contributed by atoms with E-state index in [2.05, 4.69) is 16.6 Å². The molecule has 0 aliphatic carbocycles. The molecule has 0 rings (SSSR count). The Hall–Kier alpha value is -1.27. The van der Waals surface area contributed by atoms with Gasteiger partial charge in [-0.25, -0.2) is 4.79 Å². The van der Waals surface area contributed by atoms with Gasteiger partial charge in [-0.1, -0.05) is 12.0 Å². The number of carbonyl (C=O) groups excluding carboxylic acids is 1. The Morgan fingerprint density at radius 3 is 2.92 bits per heavy atom. The Morgan fingerprint density at radius 2 is 2.33 bits per heavy atom. The van der Waals surface area contributed by atoms with Gasteiger partial charge in [0.15, 0.2) is 0 Å². The first-order chi connectivity index (χ1) is 5.81. The zero-order valence-electron chi connectivity index (χ0n) is 7.29. The van der Waals surface area contributed by atoms with Crippen molar-refractivity contribution in [2.24, 2.45) is 0 Å². The van der Waals surface area contributed by atoms with E-state index in [4.69, 9.17) is 4.74 Å². The summed E-state index contributed by atoms with van der Waals surface area (Å²) in [4.78, 5) is 10.6. The highest BCUT2D eigenvalue weighted by molar-refractivity contribution is 5.88. The molecule has 0 aromatic heterocycles. The van der Waals surface area contributed by atoms with Gasteiger partial charge in [-0.15, -0.1) is 0 Å². The van der Waals surface area contributed by atoms with Crippen LogP contribution in [-0.4, -0.2) is 26.3 Å². The minimum atomic E-state index is -0.500. The first-order valence-electron chi connectivity index (χ1n) is 3.63. The van der Waals surface area contributed by atoms with Crippen LogP contribution in [0.4, 0.5) is 0 Å². The molecule has 0 heterocycles. The molecule has 3 nitrogen and oxygen atoms in total. The Labute approximate surface area is 72.4 Å². The SMILES string of the molecule is CCOC(=O)C#C/C=C/COC. The van der Waals surface area contributed by atoms with Crippen LogP contribution in [0, 0.1) is 11.8 Å². The Morgan fingerprint density at radius 1 is 1.58 bits per heavy atom. The van der Waals surface area contributed by atoms with Crippen molar-refractivity contribution in [3.05, 3.63) is 12.2 Å². The number of rotatable bonds is 3. The van der Waals surface area contributed by atoms with Crippen molar-refractivity contribution in [2.45, 2.75) is 6.92 Å². The zero-order valence-corrected chi connectivity index (χ0v) is 7.29. The van der Waals surface area contributed by atoms with E-state index in [9.17, 15) is 4.79 Å². The fraction of sp³-hybridized carbons (Fsp3) is 0.444. The van der Waals surface area contributed by atoms with Gasteiger partial charge in [-0.2, -0.15) is 0 Å². The standard InChI is InChI=1S/C9H12O3/c1-3-12-9(10)7-5-4-6-8-11-2/h4,6H,3,8H2,1-2H3/b6-4+. The maximum Gasteiger partial charge on any atom is 0.384 e. The fourth-order valence-electron chi connectivity index (χ4n) is 0.471. The lowest BCUT2D eigenvalue weighted by Crippen LogP contribution is -1.99. The van der Waals surface area contributed by atoms with Gasteiger partial charge in [0.05, 0.1) is 13.2 Å². The van der Waals surface area contributed by atoms with Crippen molar-refractivity contribution in [1.29, 1.82) is 0 Å². The molecule has 66 valence electrons. The van der Waals surface area contributed by atoms with E-state index in [-0.39, 0.29) is 0 Å². The second-order valence-electron chi connectivity index (χ2n) is 1.85. The van der Waals surface area contributed by atoms with Crippen LogP contribution < -0.4 is 0 Å². The van der Waals surface area contributed by atoms with E-state index in [1.54, 1.807) is 26.2 Å². The largest absolute Gasteiger partial charge is 0.456 e. The van der Waals surface area contributed by atoms with Crippen molar-refractivity contribution in [3.8, 4) is 11.8 Å². The molecule has 0 unspecified atom stereocenters. The Kier molecular flexibility index (Phi) is 7.00. The number of allylic oxidation sites excluding steroid dienone is 1. The number of hydrogen-bond donors (Lipinski definition) is 0. The third-order valence-electron chi connectivity index (χ3n) is 0.914. The molecule has 0 spiro atoms. The summed E-state index contributed by atoms with van der Waals surface area (Å²) in [6.07, 6.45) is 3.27. The average molecular weight is 168 g/mol. The molecule has 0 N–H and O–H groups in total. The van der Waals surface area contributed by atoms with Crippen LogP contribution in [-0.2, 0) is 14.3 Å². The Balaban J connectivity index is 3.64. The summed E-state index contributed by atoms with van der Waals surface area (Å²) in [5.41, 5.74) is 0. The molecule has 0 aliphatic heterocycles. The van der Waals surface area contributed by atoms with Crippen LogP contribution in [0.3, 0.4) is 0 Å². The molecule has 0 fully saturated rings. The Bertz CT molecular complexity index is 208. The molecule has 0 atom stereocenters. The number of esters is 1. The van der Waals surface area contributed by atoms with Crippen LogP contribution in [0.1, 0.15) is 6.92 Å². The van der Waals surface area contributed by atoms with E-state index < -0.39 is 5.97 Å². The summed E-state index contributed by atoms with van der Waals surface area (Å²) >= 11 is 0. The highest BCUT2D eigenvalue weighted by Gasteiger charge is 1.89. The van der Waals surface area contributed by atoms with Gasteiger partial charge in [-0.05, 0) is 13.0 Å². The fourth-order valence-corrected chi connectivity index (χ4v) is 0.471. The molecule has 0 radical (unpaired) electrons. The lowest BCUT2D eigenvalue weighted by molar-refractivity contribution is -0.136. The van der Waals surface area contributed by atoms with Crippen molar-refractivity contribution >= 4 is 5.97 Å². The van der Waals surface area contributed by atoms with Crippen molar-refractivity contribution < 1.29 is 14.3 Å². The van der Waals surface area contributed by atoms with Gasteiger partial charge < -0.3 is 9.47 Å². The lowest BCUT2D eigenvalue weighted by atomic mass is 10.5. The second kappa shape index (κ2) is 7.83.